The number of aliphatic hydroxyl groups is 1. The minimum atomic E-state index is -1.18. The summed E-state index contributed by atoms with van der Waals surface area (Å²) >= 11 is 0. The van der Waals surface area contributed by atoms with E-state index in [0.29, 0.717) is 0 Å². The number of pyridine rings is 1. The lowest BCUT2D eigenvalue weighted by Crippen LogP contribution is -2.37. The molecule has 17 heavy (non-hydrogen) atoms. The fourth-order valence-corrected chi connectivity index (χ4v) is 1.18. The van der Waals surface area contributed by atoms with Gasteiger partial charge in [-0.3, -0.25) is 4.79 Å². The molecule has 0 bridgehead atoms. The number of hydrogen-bond donors (Lipinski definition) is 2. The van der Waals surface area contributed by atoms with Gasteiger partial charge in [-0.2, -0.15) is 0 Å². The first-order valence-corrected chi connectivity index (χ1v) is 5.05. The zero-order chi connectivity index (χ0) is 13.0. The van der Waals surface area contributed by atoms with Crippen LogP contribution in [0, 0.1) is 0 Å². The zero-order valence-electron chi connectivity index (χ0n) is 9.62. The Labute approximate surface area is 98.5 Å². The molecule has 0 saturated heterocycles. The Kier molecular flexibility index (Phi) is 4.17. The highest BCUT2D eigenvalue weighted by Gasteiger charge is 2.19. The standard InChI is InChI=1S/C11H14N2O4/c1-7(6-14)13(2)10(15)8-4-3-5-9(12-8)11(16)17/h3-5,7,14H,6H2,1-2H3,(H,16,17). The highest BCUT2D eigenvalue weighted by Crippen LogP contribution is 2.05. The molecule has 0 radical (unpaired) electrons. The number of likely N-dealkylation sites (N-methyl/N-ethyl adjacent to an activating group) is 1. The smallest absolute Gasteiger partial charge is 0.354 e. The molecule has 0 saturated carbocycles. The van der Waals surface area contributed by atoms with Crippen molar-refractivity contribution in [1.29, 1.82) is 0 Å². The molecule has 6 nitrogen and oxygen atoms in total. The van der Waals surface area contributed by atoms with Crippen LogP contribution in [-0.2, 0) is 0 Å². The highest BCUT2D eigenvalue weighted by molar-refractivity contribution is 5.94. The van der Waals surface area contributed by atoms with E-state index in [-0.39, 0.29) is 24.0 Å². The number of aliphatic hydroxyl groups excluding tert-OH is 1. The van der Waals surface area contributed by atoms with Crippen molar-refractivity contribution in [3.63, 3.8) is 0 Å². The summed E-state index contributed by atoms with van der Waals surface area (Å²) in [4.78, 5) is 27.6. The largest absolute Gasteiger partial charge is 0.477 e. The van der Waals surface area contributed by atoms with E-state index in [2.05, 4.69) is 4.98 Å². The third kappa shape index (κ3) is 3.01. The molecule has 2 N–H and O–H groups in total. The second-order valence-electron chi connectivity index (χ2n) is 3.66. The van der Waals surface area contributed by atoms with Gasteiger partial charge in [0.05, 0.1) is 12.6 Å². The van der Waals surface area contributed by atoms with Crippen molar-refractivity contribution in [1.82, 2.24) is 9.88 Å². The molecule has 0 aromatic carbocycles. The maximum Gasteiger partial charge on any atom is 0.354 e. The van der Waals surface area contributed by atoms with Crippen LogP contribution in [0.4, 0.5) is 0 Å². The van der Waals surface area contributed by atoms with Crippen molar-refractivity contribution >= 4 is 11.9 Å². The highest BCUT2D eigenvalue weighted by atomic mass is 16.4. The Morgan fingerprint density at radius 2 is 2.00 bits per heavy atom. The Morgan fingerprint density at radius 3 is 2.53 bits per heavy atom. The minimum Gasteiger partial charge on any atom is -0.477 e. The van der Waals surface area contributed by atoms with Gasteiger partial charge in [0.15, 0.2) is 0 Å². The first kappa shape index (κ1) is 13.1. The lowest BCUT2D eigenvalue weighted by Gasteiger charge is -2.22. The molecule has 1 aromatic heterocycles. The summed E-state index contributed by atoms with van der Waals surface area (Å²) in [6, 6.07) is 3.86. The molecule has 0 aliphatic heterocycles. The van der Waals surface area contributed by atoms with Crippen LogP contribution >= 0.6 is 0 Å². The van der Waals surface area contributed by atoms with Crippen molar-refractivity contribution in [3.05, 3.63) is 29.6 Å². The van der Waals surface area contributed by atoms with Gasteiger partial charge in [0.2, 0.25) is 0 Å². The Bertz CT molecular complexity index is 433. The molecule has 1 amide bonds. The molecule has 6 heteroatoms. The lowest BCUT2D eigenvalue weighted by atomic mass is 10.2. The fraction of sp³-hybridized carbons (Fsp3) is 0.364. The van der Waals surface area contributed by atoms with Crippen molar-refractivity contribution in [2.24, 2.45) is 0 Å². The number of carboxylic acid groups (broad SMARTS) is 1. The quantitative estimate of drug-likeness (QED) is 0.783. The van der Waals surface area contributed by atoms with Crippen LogP contribution < -0.4 is 0 Å². The van der Waals surface area contributed by atoms with Crippen LogP contribution in [0.1, 0.15) is 27.9 Å². The summed E-state index contributed by atoms with van der Waals surface area (Å²) in [6.45, 7) is 1.51. The number of carboxylic acids is 1. The van der Waals surface area contributed by atoms with Crippen LogP contribution in [0.15, 0.2) is 18.2 Å². The molecule has 0 aliphatic carbocycles. The maximum atomic E-state index is 11.9. The molecular formula is C11H14N2O4. The van der Waals surface area contributed by atoms with E-state index in [0.717, 1.165) is 0 Å². The van der Waals surface area contributed by atoms with Crippen LogP contribution in [0.2, 0.25) is 0 Å². The molecule has 92 valence electrons. The van der Waals surface area contributed by atoms with Gasteiger partial charge in [-0.25, -0.2) is 9.78 Å². The molecule has 1 atom stereocenters. The van der Waals surface area contributed by atoms with Gasteiger partial charge in [0, 0.05) is 7.05 Å². The number of rotatable bonds is 4. The summed E-state index contributed by atoms with van der Waals surface area (Å²) in [6.07, 6.45) is 0. The van der Waals surface area contributed by atoms with Crippen LogP contribution in [0.3, 0.4) is 0 Å². The number of carbonyl (C=O) groups is 2. The molecule has 1 rings (SSSR count). The second-order valence-corrected chi connectivity index (χ2v) is 3.66. The van der Waals surface area contributed by atoms with E-state index in [1.54, 1.807) is 6.92 Å². The van der Waals surface area contributed by atoms with Crippen LogP contribution in [0.5, 0.6) is 0 Å². The van der Waals surface area contributed by atoms with E-state index in [9.17, 15) is 9.59 Å². The van der Waals surface area contributed by atoms with Crippen molar-refractivity contribution < 1.29 is 19.8 Å². The molecule has 0 aliphatic rings. The zero-order valence-corrected chi connectivity index (χ0v) is 9.62. The van der Waals surface area contributed by atoms with E-state index in [4.69, 9.17) is 10.2 Å². The minimum absolute atomic E-state index is 0.0488. The maximum absolute atomic E-state index is 11.9. The Hall–Kier alpha value is -1.95. The third-order valence-corrected chi connectivity index (χ3v) is 2.43. The fourth-order valence-electron chi connectivity index (χ4n) is 1.18. The number of nitrogens with zero attached hydrogens (tertiary/aromatic N) is 2. The Balaban J connectivity index is 2.96. The monoisotopic (exact) mass is 238 g/mol. The predicted molar refractivity (Wildman–Crippen MR) is 59.8 cm³/mol. The van der Waals surface area contributed by atoms with Gasteiger partial charge in [-0.1, -0.05) is 6.07 Å². The summed E-state index contributed by atoms with van der Waals surface area (Å²) in [5.74, 6) is -1.60. The third-order valence-electron chi connectivity index (χ3n) is 2.43. The van der Waals surface area contributed by atoms with Crippen LogP contribution in [-0.4, -0.2) is 51.7 Å². The molecular weight excluding hydrogens is 224 g/mol. The van der Waals surface area contributed by atoms with Crippen molar-refractivity contribution in [2.75, 3.05) is 13.7 Å². The van der Waals surface area contributed by atoms with Gasteiger partial charge in [-0.15, -0.1) is 0 Å². The Morgan fingerprint density at radius 1 is 1.41 bits per heavy atom. The molecule has 0 spiro atoms. The second kappa shape index (κ2) is 5.40. The van der Waals surface area contributed by atoms with Gasteiger partial charge in [0.25, 0.3) is 5.91 Å². The average molecular weight is 238 g/mol. The molecule has 0 fully saturated rings. The first-order valence-electron chi connectivity index (χ1n) is 5.05. The summed E-state index contributed by atoms with van der Waals surface area (Å²) < 4.78 is 0. The number of amides is 1. The van der Waals surface area contributed by atoms with E-state index < -0.39 is 11.9 Å². The normalized spacial score (nSPS) is 11.9. The lowest BCUT2D eigenvalue weighted by molar-refractivity contribution is 0.0673. The predicted octanol–water partition coefficient (Wildman–Crippen LogP) is 0.233. The van der Waals surface area contributed by atoms with Gasteiger partial charge < -0.3 is 15.1 Å². The SMILES string of the molecule is CC(CO)N(C)C(=O)c1cccc(C(=O)O)n1. The summed E-state index contributed by atoms with van der Waals surface area (Å²) in [5.41, 5.74) is -0.131. The van der Waals surface area contributed by atoms with E-state index in [1.807, 2.05) is 0 Å². The first-order chi connectivity index (χ1) is 7.97. The van der Waals surface area contributed by atoms with Gasteiger partial charge >= 0.3 is 5.97 Å². The van der Waals surface area contributed by atoms with Crippen LogP contribution in [0.25, 0.3) is 0 Å². The molecule has 1 aromatic rings. The van der Waals surface area contributed by atoms with Crippen molar-refractivity contribution in [3.8, 4) is 0 Å². The van der Waals surface area contributed by atoms with E-state index >= 15 is 0 Å². The number of aromatic nitrogens is 1. The number of hydrogen-bond acceptors (Lipinski definition) is 4. The van der Waals surface area contributed by atoms with Crippen molar-refractivity contribution in [2.45, 2.75) is 13.0 Å². The molecule has 1 heterocycles. The average Bonchev–Trinajstić information content (AvgIpc) is 2.36. The summed E-state index contributed by atoms with van der Waals surface area (Å²) in [5, 5.41) is 17.7. The summed E-state index contributed by atoms with van der Waals surface area (Å²) in [7, 11) is 1.53. The topological polar surface area (TPSA) is 90.7 Å². The van der Waals surface area contributed by atoms with Gasteiger partial charge in [-0.05, 0) is 19.1 Å². The van der Waals surface area contributed by atoms with Gasteiger partial charge in [0.1, 0.15) is 11.4 Å². The number of aromatic carboxylic acids is 1. The molecule has 1 unspecified atom stereocenters. The van der Waals surface area contributed by atoms with E-state index in [1.165, 1.54) is 30.1 Å². The number of carbonyl (C=O) groups excluding carboxylic acids is 1.